The van der Waals surface area contributed by atoms with E-state index in [2.05, 4.69) is 234 Å². The lowest BCUT2D eigenvalue weighted by Gasteiger charge is -2.18. The highest BCUT2D eigenvalue weighted by Crippen LogP contribution is 2.44. The summed E-state index contributed by atoms with van der Waals surface area (Å²) in [4.78, 5) is 16.7. The Balaban J connectivity index is 0.904. The van der Waals surface area contributed by atoms with Crippen molar-refractivity contribution in [3.05, 3.63) is 344 Å². The summed E-state index contributed by atoms with van der Waals surface area (Å²) in [6.45, 7) is 0. The molecular formula is C90H54N8. The number of nitrogens with zero attached hydrogens (tertiary/aromatic N) is 8. The molecule has 8 nitrogen and oxygen atoms in total. The summed E-state index contributed by atoms with van der Waals surface area (Å²) in [5.41, 5.74) is 23.9. The molecule has 14 aromatic carbocycles. The highest BCUT2D eigenvalue weighted by atomic mass is 15.0. The molecular weight excluding hydrogens is 1190 g/mol. The highest BCUT2D eigenvalue weighted by molar-refractivity contribution is 6.13. The van der Waals surface area contributed by atoms with Gasteiger partial charge in [0.1, 0.15) is 0 Å². The lowest BCUT2D eigenvalue weighted by Crippen LogP contribution is -2.04. The monoisotopic (exact) mass is 1250 g/mol. The van der Waals surface area contributed by atoms with Crippen molar-refractivity contribution in [2.45, 2.75) is 0 Å². The molecule has 8 heteroatoms. The summed E-state index contributed by atoms with van der Waals surface area (Å²) < 4.78 is 4.68. The van der Waals surface area contributed by atoms with Gasteiger partial charge in [-0.3, -0.25) is 0 Å². The molecule has 0 unspecified atom stereocenters. The predicted octanol–water partition coefficient (Wildman–Crippen LogP) is 22.4. The van der Waals surface area contributed by atoms with Gasteiger partial charge in [-0.25, -0.2) is 15.0 Å². The molecule has 0 aliphatic carbocycles. The Bertz CT molecular complexity index is 5590. The molecule has 0 fully saturated rings. The quantitative estimate of drug-likeness (QED) is 0.120. The van der Waals surface area contributed by atoms with E-state index in [-0.39, 0.29) is 0 Å². The maximum Gasteiger partial charge on any atom is 0.164 e. The minimum atomic E-state index is 0.416. The molecule has 0 aliphatic heterocycles. The number of hydrogen-bond donors (Lipinski definition) is 0. The van der Waals surface area contributed by atoms with Crippen molar-refractivity contribution in [1.29, 1.82) is 15.8 Å². The number of benzene rings is 14. The van der Waals surface area contributed by atoms with Crippen molar-refractivity contribution in [3.63, 3.8) is 0 Å². The fourth-order valence-electron chi connectivity index (χ4n) is 13.9. The first kappa shape index (κ1) is 58.0. The van der Waals surface area contributed by atoms with Crippen LogP contribution in [0.2, 0.25) is 0 Å². The molecule has 454 valence electrons. The zero-order chi connectivity index (χ0) is 65.6. The van der Waals surface area contributed by atoms with Gasteiger partial charge in [0.25, 0.3) is 0 Å². The van der Waals surface area contributed by atoms with Crippen molar-refractivity contribution >= 4 is 43.6 Å². The molecule has 0 amide bonds. The van der Waals surface area contributed by atoms with E-state index in [9.17, 15) is 15.8 Å². The molecule has 98 heavy (non-hydrogen) atoms. The van der Waals surface area contributed by atoms with E-state index in [1.54, 1.807) is 6.07 Å². The largest absolute Gasteiger partial charge is 0.309 e. The average molecular weight is 1250 g/mol. The number of aromatic nitrogens is 5. The zero-order valence-electron chi connectivity index (χ0n) is 52.8. The van der Waals surface area contributed by atoms with E-state index in [1.807, 2.05) is 115 Å². The lowest BCUT2D eigenvalue weighted by atomic mass is 9.95. The van der Waals surface area contributed by atoms with Crippen molar-refractivity contribution in [1.82, 2.24) is 24.1 Å². The van der Waals surface area contributed by atoms with E-state index in [0.29, 0.717) is 34.2 Å². The summed E-state index contributed by atoms with van der Waals surface area (Å²) in [7, 11) is 0. The Hall–Kier alpha value is -13.8. The van der Waals surface area contributed by atoms with E-state index < -0.39 is 0 Å². The van der Waals surface area contributed by atoms with Crippen LogP contribution in [0.15, 0.2) is 328 Å². The number of hydrogen-bond acceptors (Lipinski definition) is 6. The maximum absolute atomic E-state index is 10.2. The number of rotatable bonds is 12. The third kappa shape index (κ3) is 10.5. The summed E-state index contributed by atoms with van der Waals surface area (Å²) >= 11 is 0. The van der Waals surface area contributed by atoms with Crippen LogP contribution in [0.25, 0.3) is 167 Å². The normalized spacial score (nSPS) is 11.2. The SMILES string of the molecule is N#Cc1ccc(-c2cc(-n3c4ccc(-c5ccccc5)cc4c4cc(-c5ccccc5)ccc43)ccc2-c2nc(-c3ccccc3-c3cccc(C#N)c3)nc(-c3ccc(-n4c5ccc(-c6ccccc6)cc5c5cc(-c6ccccc6)ccc54)cc3-c3ccc(C#N)cc3)n2)cc1. The van der Waals surface area contributed by atoms with Crippen LogP contribution < -0.4 is 0 Å². The number of nitriles is 3. The third-order valence-corrected chi connectivity index (χ3v) is 18.7. The van der Waals surface area contributed by atoms with Crippen LogP contribution in [0, 0.1) is 34.0 Å². The van der Waals surface area contributed by atoms with Gasteiger partial charge in [0.2, 0.25) is 0 Å². The van der Waals surface area contributed by atoms with Gasteiger partial charge < -0.3 is 9.13 Å². The van der Waals surface area contributed by atoms with Crippen LogP contribution in [0.5, 0.6) is 0 Å². The fourth-order valence-corrected chi connectivity index (χ4v) is 13.9. The topological polar surface area (TPSA) is 120 Å². The van der Waals surface area contributed by atoms with Crippen molar-refractivity contribution in [3.8, 4) is 142 Å². The summed E-state index contributed by atoms with van der Waals surface area (Å²) in [5.74, 6) is 1.25. The van der Waals surface area contributed by atoms with E-state index in [1.165, 1.54) is 0 Å². The molecule has 0 atom stereocenters. The second-order valence-electron chi connectivity index (χ2n) is 24.4. The first-order valence-corrected chi connectivity index (χ1v) is 32.5. The Labute approximate surface area is 566 Å². The molecule has 3 aromatic heterocycles. The minimum Gasteiger partial charge on any atom is -0.309 e. The molecule has 0 spiro atoms. The Morgan fingerprint density at radius 2 is 0.510 bits per heavy atom. The van der Waals surface area contributed by atoms with E-state index >= 15 is 0 Å². The summed E-state index contributed by atoms with van der Waals surface area (Å²) in [6, 6.07) is 120. The molecule has 0 saturated heterocycles. The van der Waals surface area contributed by atoms with Gasteiger partial charge in [0.15, 0.2) is 17.5 Å². The van der Waals surface area contributed by atoms with Crippen molar-refractivity contribution < 1.29 is 0 Å². The lowest BCUT2D eigenvalue weighted by molar-refractivity contribution is 1.07. The van der Waals surface area contributed by atoms with E-state index in [4.69, 9.17) is 15.0 Å². The third-order valence-electron chi connectivity index (χ3n) is 18.7. The predicted molar refractivity (Wildman–Crippen MR) is 397 cm³/mol. The Morgan fingerprint density at radius 3 is 0.857 bits per heavy atom. The Morgan fingerprint density at radius 1 is 0.204 bits per heavy atom. The zero-order valence-corrected chi connectivity index (χ0v) is 52.8. The average Bonchev–Trinajstić information content (AvgIpc) is 1.56. The van der Waals surface area contributed by atoms with Gasteiger partial charge in [-0.1, -0.05) is 206 Å². The van der Waals surface area contributed by atoms with Crippen molar-refractivity contribution in [2.24, 2.45) is 0 Å². The van der Waals surface area contributed by atoms with Crippen LogP contribution in [0.1, 0.15) is 16.7 Å². The van der Waals surface area contributed by atoms with Crippen molar-refractivity contribution in [2.75, 3.05) is 0 Å². The van der Waals surface area contributed by atoms with Crippen LogP contribution in [0.3, 0.4) is 0 Å². The molecule has 17 aromatic rings. The molecule has 0 radical (unpaired) electrons. The Kier molecular flexibility index (Phi) is 14.5. The van der Waals surface area contributed by atoms with Crippen LogP contribution in [-0.2, 0) is 0 Å². The minimum absolute atomic E-state index is 0.416. The second-order valence-corrected chi connectivity index (χ2v) is 24.4. The molecule has 0 aliphatic rings. The van der Waals surface area contributed by atoms with Gasteiger partial charge in [0, 0.05) is 49.6 Å². The first-order chi connectivity index (χ1) is 48.4. The van der Waals surface area contributed by atoms with Crippen LogP contribution in [-0.4, -0.2) is 24.1 Å². The van der Waals surface area contributed by atoms with Crippen LogP contribution >= 0.6 is 0 Å². The standard InChI is InChI=1S/C90H54N8/c91-55-58-28-32-65(33-29-58)78-53-72(97-84-44-36-67(61-17-5-1-6-18-61)49-80(84)81-50-68(37-45-85(81)97)62-19-7-2-8-20-62)40-42-76(78)89-94-88(75-27-14-13-26-74(75)71-25-15-16-60(48-71)57-93)95-90(96-89)77-43-41-73(54-79(77)66-34-30-59(56-92)31-35-66)98-86-46-38-69(63-21-9-3-10-22-63)51-82(86)83-52-70(39-47-87(83)98)64-23-11-4-12-24-64/h1-54H. The summed E-state index contributed by atoms with van der Waals surface area (Å²) in [5, 5.41) is 35.0. The fraction of sp³-hybridized carbons (Fsp3) is 0. The van der Waals surface area contributed by atoms with Crippen LogP contribution in [0.4, 0.5) is 0 Å². The molecule has 3 heterocycles. The van der Waals surface area contributed by atoms with Gasteiger partial charge in [-0.15, -0.1) is 0 Å². The smallest absolute Gasteiger partial charge is 0.164 e. The number of fused-ring (bicyclic) bond motifs is 6. The van der Waals surface area contributed by atoms with Gasteiger partial charge in [0.05, 0.1) is 57.0 Å². The maximum atomic E-state index is 10.2. The molecule has 0 saturated carbocycles. The molecule has 0 N–H and O–H groups in total. The molecule has 17 rings (SSSR count). The van der Waals surface area contributed by atoms with Gasteiger partial charge in [-0.05, 0) is 199 Å². The summed E-state index contributed by atoms with van der Waals surface area (Å²) in [6.07, 6.45) is 0. The highest BCUT2D eigenvalue weighted by Gasteiger charge is 2.24. The first-order valence-electron chi connectivity index (χ1n) is 32.5. The van der Waals surface area contributed by atoms with E-state index in [0.717, 1.165) is 150 Å². The second kappa shape index (κ2) is 24.6. The molecule has 0 bridgehead atoms. The van der Waals surface area contributed by atoms with Gasteiger partial charge in [-0.2, -0.15) is 15.8 Å². The van der Waals surface area contributed by atoms with Gasteiger partial charge >= 0.3 is 0 Å².